The molecule has 0 aliphatic carbocycles. The maximum atomic E-state index is 11.4. The van der Waals surface area contributed by atoms with E-state index in [1.54, 1.807) is 24.3 Å². The fourth-order valence-electron chi connectivity index (χ4n) is 3.10. The van der Waals surface area contributed by atoms with E-state index < -0.39 is 9.85 Å². The Morgan fingerprint density at radius 2 is 1.15 bits per heavy atom. The van der Waals surface area contributed by atoms with Gasteiger partial charge in [0.05, 0.1) is 54.3 Å². The van der Waals surface area contributed by atoms with Crippen LogP contribution in [0.3, 0.4) is 0 Å². The zero-order chi connectivity index (χ0) is 24.8. The second kappa shape index (κ2) is 10.4. The maximum Gasteiger partial charge on any atom is 0.279 e. The summed E-state index contributed by atoms with van der Waals surface area (Å²) in [4.78, 5) is 21.6. The normalized spacial score (nSPS) is 11.4. The van der Waals surface area contributed by atoms with Crippen LogP contribution in [0.4, 0.5) is 11.4 Å². The lowest BCUT2D eigenvalue weighted by molar-refractivity contribution is -0.385. The van der Waals surface area contributed by atoms with Crippen molar-refractivity contribution in [3.63, 3.8) is 0 Å². The molecule has 0 unspecified atom stereocenters. The highest BCUT2D eigenvalue weighted by atomic mass is 35.5. The van der Waals surface area contributed by atoms with Gasteiger partial charge in [0.25, 0.3) is 11.4 Å². The molecular weight excluding hydrogens is 479 g/mol. The molecule has 0 bridgehead atoms. The summed E-state index contributed by atoms with van der Waals surface area (Å²) < 4.78 is 0. The van der Waals surface area contributed by atoms with Gasteiger partial charge in [-0.15, -0.1) is 0 Å². The van der Waals surface area contributed by atoms with Gasteiger partial charge in [0.15, 0.2) is 0 Å². The van der Waals surface area contributed by atoms with Gasteiger partial charge in [-0.2, -0.15) is 10.5 Å². The molecule has 34 heavy (non-hydrogen) atoms. The standard InChI is InChI=1S/C24H12Cl2N4O4/c25-21(19-6-4-17(13-27)11-23(19)29(31)32)9-15-2-1-3-16(8-15)10-22(26)20-7-5-18(14-28)12-24(20)30(33)34/h1-12H/b21-9-,22-10+. The van der Waals surface area contributed by atoms with E-state index in [0.717, 1.165) is 12.1 Å². The van der Waals surface area contributed by atoms with Crippen molar-refractivity contribution in [1.82, 2.24) is 0 Å². The van der Waals surface area contributed by atoms with Crippen molar-refractivity contribution in [2.45, 2.75) is 0 Å². The zero-order valence-corrected chi connectivity index (χ0v) is 18.6. The van der Waals surface area contributed by atoms with Crippen molar-refractivity contribution in [3.8, 4) is 12.1 Å². The first-order valence-electron chi connectivity index (χ1n) is 9.45. The van der Waals surface area contributed by atoms with Crippen molar-refractivity contribution in [2.24, 2.45) is 0 Å². The van der Waals surface area contributed by atoms with Crippen molar-refractivity contribution in [2.75, 3.05) is 0 Å². The van der Waals surface area contributed by atoms with Crippen LogP contribution in [0.5, 0.6) is 0 Å². The summed E-state index contributed by atoms with van der Waals surface area (Å²) >= 11 is 12.7. The lowest BCUT2D eigenvalue weighted by atomic mass is 10.0. The molecule has 3 aromatic rings. The van der Waals surface area contributed by atoms with Gasteiger partial charge in [0.1, 0.15) is 0 Å². The Kier molecular flexibility index (Phi) is 7.39. The highest BCUT2D eigenvalue weighted by Gasteiger charge is 2.18. The summed E-state index contributed by atoms with van der Waals surface area (Å²) in [7, 11) is 0. The van der Waals surface area contributed by atoms with E-state index in [1.807, 2.05) is 12.1 Å². The molecule has 0 aliphatic heterocycles. The van der Waals surface area contributed by atoms with E-state index in [-0.39, 0.29) is 43.7 Å². The van der Waals surface area contributed by atoms with Crippen LogP contribution in [0, 0.1) is 42.9 Å². The number of nitrogens with zero attached hydrogens (tertiary/aromatic N) is 4. The largest absolute Gasteiger partial charge is 0.279 e. The van der Waals surface area contributed by atoms with Gasteiger partial charge in [0, 0.05) is 12.1 Å². The number of nitriles is 2. The van der Waals surface area contributed by atoms with Crippen LogP contribution in [-0.2, 0) is 0 Å². The van der Waals surface area contributed by atoms with E-state index in [1.165, 1.54) is 36.4 Å². The molecule has 0 aliphatic rings. The molecule has 0 aromatic heterocycles. The molecule has 3 rings (SSSR count). The van der Waals surface area contributed by atoms with Gasteiger partial charge in [-0.3, -0.25) is 20.2 Å². The summed E-state index contributed by atoms with van der Waals surface area (Å²) in [5, 5.41) is 40.9. The van der Waals surface area contributed by atoms with Crippen molar-refractivity contribution in [3.05, 3.63) is 114 Å². The summed E-state index contributed by atoms with van der Waals surface area (Å²) in [6.07, 6.45) is 3.04. The summed E-state index contributed by atoms with van der Waals surface area (Å²) in [6.45, 7) is 0. The molecule has 0 atom stereocenters. The lowest BCUT2D eigenvalue weighted by Gasteiger charge is -2.05. The first-order chi connectivity index (χ1) is 16.2. The molecule has 0 fully saturated rings. The highest BCUT2D eigenvalue weighted by molar-refractivity contribution is 6.52. The van der Waals surface area contributed by atoms with Crippen LogP contribution in [-0.4, -0.2) is 9.85 Å². The molecule has 10 heteroatoms. The Balaban J connectivity index is 1.99. The smallest absolute Gasteiger partial charge is 0.258 e. The third-order valence-electron chi connectivity index (χ3n) is 4.66. The first-order valence-corrected chi connectivity index (χ1v) is 10.2. The fourth-order valence-corrected chi connectivity index (χ4v) is 3.67. The minimum Gasteiger partial charge on any atom is -0.258 e. The molecule has 8 nitrogen and oxygen atoms in total. The molecular formula is C24H12Cl2N4O4. The van der Waals surface area contributed by atoms with Gasteiger partial charge in [-0.1, -0.05) is 41.4 Å². The third-order valence-corrected chi connectivity index (χ3v) is 5.28. The molecule has 0 amide bonds. The Labute approximate surface area is 203 Å². The van der Waals surface area contributed by atoms with Crippen LogP contribution in [0.1, 0.15) is 33.4 Å². The molecule has 0 spiro atoms. The Morgan fingerprint density at radius 3 is 1.50 bits per heavy atom. The minimum absolute atomic E-state index is 0.0890. The number of nitro groups is 2. The predicted molar refractivity (Wildman–Crippen MR) is 130 cm³/mol. The first kappa shape index (κ1) is 24.1. The van der Waals surface area contributed by atoms with Gasteiger partial charge < -0.3 is 0 Å². The molecule has 0 saturated carbocycles. The number of nitro benzene ring substituents is 2. The lowest BCUT2D eigenvalue weighted by Crippen LogP contribution is -1.94. The molecule has 166 valence electrons. The molecule has 0 heterocycles. The maximum absolute atomic E-state index is 11.4. The van der Waals surface area contributed by atoms with E-state index in [4.69, 9.17) is 33.7 Å². The Hall–Kier alpha value is -4.50. The van der Waals surface area contributed by atoms with Crippen molar-refractivity contribution >= 4 is 56.8 Å². The average Bonchev–Trinajstić information content (AvgIpc) is 2.83. The predicted octanol–water partition coefficient (Wildman–Crippen LogP) is 6.72. The number of hydrogen-bond acceptors (Lipinski definition) is 6. The molecule has 0 N–H and O–H groups in total. The summed E-state index contributed by atoms with van der Waals surface area (Å²) in [6, 6.07) is 18.5. The number of halogens is 2. The second-order valence-corrected chi connectivity index (χ2v) is 7.67. The quantitative estimate of drug-likeness (QED) is 0.213. The van der Waals surface area contributed by atoms with Crippen LogP contribution < -0.4 is 0 Å². The highest BCUT2D eigenvalue weighted by Crippen LogP contribution is 2.33. The van der Waals surface area contributed by atoms with Crippen LogP contribution in [0.2, 0.25) is 0 Å². The van der Waals surface area contributed by atoms with E-state index in [9.17, 15) is 20.2 Å². The van der Waals surface area contributed by atoms with Gasteiger partial charge in [-0.05, 0) is 53.6 Å². The van der Waals surface area contributed by atoms with E-state index in [2.05, 4.69) is 0 Å². The van der Waals surface area contributed by atoms with Crippen LogP contribution >= 0.6 is 23.2 Å². The minimum atomic E-state index is -0.615. The monoisotopic (exact) mass is 490 g/mol. The second-order valence-electron chi connectivity index (χ2n) is 6.86. The fraction of sp³-hybridized carbons (Fsp3) is 0. The number of rotatable bonds is 6. The molecule has 0 saturated heterocycles. The topological polar surface area (TPSA) is 134 Å². The Morgan fingerprint density at radius 1 is 0.735 bits per heavy atom. The SMILES string of the molecule is N#Cc1ccc(/C(Cl)=C/c2cccc(/C=C(/Cl)c3ccc(C#N)cc3[N+](=O)[O-])c2)c([N+](=O)[O-])c1. The van der Waals surface area contributed by atoms with Crippen LogP contribution in [0.15, 0.2) is 60.7 Å². The number of hydrogen-bond donors (Lipinski definition) is 0. The third kappa shape index (κ3) is 5.45. The molecule has 0 radical (unpaired) electrons. The average molecular weight is 491 g/mol. The van der Waals surface area contributed by atoms with E-state index >= 15 is 0 Å². The molecule has 3 aromatic carbocycles. The number of benzene rings is 3. The van der Waals surface area contributed by atoms with Gasteiger partial charge in [0.2, 0.25) is 0 Å². The van der Waals surface area contributed by atoms with Crippen LogP contribution in [0.25, 0.3) is 22.2 Å². The summed E-state index contributed by atoms with van der Waals surface area (Å²) in [5.41, 5.74) is 1.17. The summed E-state index contributed by atoms with van der Waals surface area (Å²) in [5.74, 6) is 0. The van der Waals surface area contributed by atoms with Gasteiger partial charge in [-0.25, -0.2) is 0 Å². The van der Waals surface area contributed by atoms with Crippen molar-refractivity contribution in [1.29, 1.82) is 10.5 Å². The van der Waals surface area contributed by atoms with Crippen molar-refractivity contribution < 1.29 is 9.85 Å². The zero-order valence-electron chi connectivity index (χ0n) is 17.1. The van der Waals surface area contributed by atoms with Gasteiger partial charge >= 0.3 is 0 Å². The Bertz CT molecular complexity index is 1360. The van der Waals surface area contributed by atoms with E-state index in [0.29, 0.717) is 11.1 Å².